The van der Waals surface area contributed by atoms with Crippen LogP contribution in [0.3, 0.4) is 0 Å². The van der Waals surface area contributed by atoms with Crippen molar-refractivity contribution < 1.29 is 14.6 Å². The molecule has 0 spiro atoms. The lowest BCUT2D eigenvalue weighted by molar-refractivity contribution is 0.108. The SMILES string of the molecule is CCCN(Cc1cccc(OC)c1OC)CC(O)c1ccccc1. The molecule has 1 unspecified atom stereocenters. The Morgan fingerprint density at radius 1 is 1.00 bits per heavy atom. The van der Waals surface area contributed by atoms with E-state index in [1.807, 2.05) is 48.5 Å². The first-order valence-electron chi connectivity index (χ1n) is 8.34. The quantitative estimate of drug-likeness (QED) is 0.762. The Kier molecular flexibility index (Phi) is 7.09. The molecule has 0 aliphatic rings. The third-order valence-electron chi connectivity index (χ3n) is 4.03. The molecular weight excluding hydrogens is 302 g/mol. The zero-order chi connectivity index (χ0) is 17.4. The fourth-order valence-corrected chi connectivity index (χ4v) is 2.90. The first-order chi connectivity index (χ1) is 11.7. The maximum absolute atomic E-state index is 10.5. The van der Waals surface area contributed by atoms with Crippen molar-refractivity contribution in [3.63, 3.8) is 0 Å². The van der Waals surface area contributed by atoms with Crippen molar-refractivity contribution in [2.45, 2.75) is 26.0 Å². The van der Waals surface area contributed by atoms with Gasteiger partial charge in [0.1, 0.15) is 0 Å². The van der Waals surface area contributed by atoms with Gasteiger partial charge < -0.3 is 14.6 Å². The molecule has 0 saturated carbocycles. The number of benzene rings is 2. The van der Waals surface area contributed by atoms with Crippen LogP contribution in [0.1, 0.15) is 30.6 Å². The monoisotopic (exact) mass is 329 g/mol. The van der Waals surface area contributed by atoms with Crippen molar-refractivity contribution in [3.8, 4) is 11.5 Å². The van der Waals surface area contributed by atoms with Crippen LogP contribution in [0.5, 0.6) is 11.5 Å². The standard InChI is InChI=1S/C20H27NO3/c1-4-13-21(15-18(22)16-9-6-5-7-10-16)14-17-11-8-12-19(23-2)20(17)24-3/h5-12,18,22H,4,13-15H2,1-3H3. The molecule has 1 atom stereocenters. The van der Waals surface area contributed by atoms with Gasteiger partial charge in [0.25, 0.3) is 0 Å². The number of hydrogen-bond donors (Lipinski definition) is 1. The second-order valence-corrected chi connectivity index (χ2v) is 5.81. The van der Waals surface area contributed by atoms with Gasteiger partial charge in [-0.15, -0.1) is 0 Å². The van der Waals surface area contributed by atoms with E-state index in [1.54, 1.807) is 14.2 Å². The van der Waals surface area contributed by atoms with Crippen LogP contribution >= 0.6 is 0 Å². The topological polar surface area (TPSA) is 41.9 Å². The zero-order valence-electron chi connectivity index (χ0n) is 14.7. The van der Waals surface area contributed by atoms with Gasteiger partial charge in [-0.25, -0.2) is 0 Å². The molecule has 0 aliphatic heterocycles. The predicted molar refractivity (Wildman–Crippen MR) is 96.5 cm³/mol. The summed E-state index contributed by atoms with van der Waals surface area (Å²) in [7, 11) is 3.30. The molecule has 4 heteroatoms. The molecule has 0 saturated heterocycles. The third-order valence-corrected chi connectivity index (χ3v) is 4.03. The van der Waals surface area contributed by atoms with Crippen LogP contribution in [-0.4, -0.2) is 37.3 Å². The molecule has 0 bridgehead atoms. The van der Waals surface area contributed by atoms with Gasteiger partial charge in [0, 0.05) is 18.7 Å². The van der Waals surface area contributed by atoms with E-state index >= 15 is 0 Å². The lowest BCUT2D eigenvalue weighted by Crippen LogP contribution is -2.29. The van der Waals surface area contributed by atoms with Crippen molar-refractivity contribution in [2.75, 3.05) is 27.3 Å². The van der Waals surface area contributed by atoms with E-state index in [-0.39, 0.29) is 0 Å². The molecule has 0 aliphatic carbocycles. The molecule has 0 heterocycles. The number of methoxy groups -OCH3 is 2. The minimum atomic E-state index is -0.505. The number of aliphatic hydroxyl groups is 1. The molecule has 4 nitrogen and oxygen atoms in total. The number of hydrogen-bond acceptors (Lipinski definition) is 4. The van der Waals surface area contributed by atoms with E-state index in [2.05, 4.69) is 11.8 Å². The van der Waals surface area contributed by atoms with Crippen LogP contribution in [0.15, 0.2) is 48.5 Å². The zero-order valence-corrected chi connectivity index (χ0v) is 14.7. The summed E-state index contributed by atoms with van der Waals surface area (Å²) < 4.78 is 10.9. The van der Waals surface area contributed by atoms with Crippen molar-refractivity contribution in [1.29, 1.82) is 0 Å². The number of ether oxygens (including phenoxy) is 2. The van der Waals surface area contributed by atoms with Crippen molar-refractivity contribution in [3.05, 3.63) is 59.7 Å². The summed E-state index contributed by atoms with van der Waals surface area (Å²) >= 11 is 0. The molecule has 2 rings (SSSR count). The van der Waals surface area contributed by atoms with Crippen LogP contribution < -0.4 is 9.47 Å². The van der Waals surface area contributed by atoms with Gasteiger partial charge in [-0.3, -0.25) is 4.90 Å². The molecule has 1 N–H and O–H groups in total. The second-order valence-electron chi connectivity index (χ2n) is 5.81. The van der Waals surface area contributed by atoms with E-state index < -0.39 is 6.10 Å². The molecule has 0 fully saturated rings. The molecule has 2 aromatic carbocycles. The van der Waals surface area contributed by atoms with Crippen molar-refractivity contribution >= 4 is 0 Å². The summed E-state index contributed by atoms with van der Waals surface area (Å²) in [6.07, 6.45) is 0.516. The van der Waals surface area contributed by atoms with Gasteiger partial charge in [-0.2, -0.15) is 0 Å². The highest BCUT2D eigenvalue weighted by Crippen LogP contribution is 2.31. The van der Waals surface area contributed by atoms with Gasteiger partial charge in [0.05, 0.1) is 20.3 Å². The van der Waals surface area contributed by atoms with Gasteiger partial charge >= 0.3 is 0 Å². The second kappa shape index (κ2) is 9.30. The summed E-state index contributed by atoms with van der Waals surface area (Å²) in [5, 5.41) is 10.5. The summed E-state index contributed by atoms with van der Waals surface area (Å²) in [6, 6.07) is 15.7. The van der Waals surface area contributed by atoms with Gasteiger partial charge in [-0.05, 0) is 24.6 Å². The summed E-state index contributed by atoms with van der Waals surface area (Å²) in [6.45, 7) is 4.34. The minimum Gasteiger partial charge on any atom is -0.493 e. The fourth-order valence-electron chi connectivity index (χ4n) is 2.90. The first kappa shape index (κ1) is 18.3. The van der Waals surface area contributed by atoms with Gasteiger partial charge in [-0.1, -0.05) is 49.4 Å². The van der Waals surface area contributed by atoms with Gasteiger partial charge in [0.2, 0.25) is 0 Å². The molecular formula is C20H27NO3. The van der Waals surface area contributed by atoms with E-state index in [4.69, 9.17) is 9.47 Å². The number of para-hydroxylation sites is 1. The lowest BCUT2D eigenvalue weighted by Gasteiger charge is -2.26. The average molecular weight is 329 g/mol. The van der Waals surface area contributed by atoms with Crippen LogP contribution in [0.2, 0.25) is 0 Å². The van der Waals surface area contributed by atoms with E-state index in [1.165, 1.54) is 0 Å². The van der Waals surface area contributed by atoms with Crippen LogP contribution in [0.25, 0.3) is 0 Å². The Hall–Kier alpha value is -2.04. The molecule has 24 heavy (non-hydrogen) atoms. The van der Waals surface area contributed by atoms with Gasteiger partial charge in [0.15, 0.2) is 11.5 Å². The van der Waals surface area contributed by atoms with Crippen LogP contribution in [-0.2, 0) is 6.54 Å². The molecule has 0 aromatic heterocycles. The minimum absolute atomic E-state index is 0.505. The van der Waals surface area contributed by atoms with Crippen LogP contribution in [0, 0.1) is 0 Å². The normalized spacial score (nSPS) is 12.2. The predicted octanol–water partition coefficient (Wildman–Crippen LogP) is 3.65. The molecule has 0 amide bonds. The summed E-state index contributed by atoms with van der Waals surface area (Å²) in [5.74, 6) is 1.49. The molecule has 0 radical (unpaired) electrons. The van der Waals surface area contributed by atoms with E-state index in [0.29, 0.717) is 13.1 Å². The fraction of sp³-hybridized carbons (Fsp3) is 0.400. The highest BCUT2D eigenvalue weighted by atomic mass is 16.5. The number of rotatable bonds is 9. The van der Waals surface area contributed by atoms with E-state index in [9.17, 15) is 5.11 Å². The Morgan fingerprint density at radius 3 is 2.38 bits per heavy atom. The summed E-state index contributed by atoms with van der Waals surface area (Å²) in [5.41, 5.74) is 2.00. The Labute approximate surface area is 144 Å². The summed E-state index contributed by atoms with van der Waals surface area (Å²) in [4.78, 5) is 2.24. The number of nitrogens with zero attached hydrogens (tertiary/aromatic N) is 1. The molecule has 2 aromatic rings. The Balaban J connectivity index is 2.14. The smallest absolute Gasteiger partial charge is 0.165 e. The third kappa shape index (κ3) is 4.73. The van der Waals surface area contributed by atoms with Crippen molar-refractivity contribution in [1.82, 2.24) is 4.90 Å². The average Bonchev–Trinajstić information content (AvgIpc) is 2.62. The Morgan fingerprint density at radius 2 is 1.75 bits per heavy atom. The molecule has 130 valence electrons. The van der Waals surface area contributed by atoms with Crippen molar-refractivity contribution in [2.24, 2.45) is 0 Å². The highest BCUT2D eigenvalue weighted by molar-refractivity contribution is 5.46. The number of aliphatic hydroxyl groups excluding tert-OH is 1. The largest absolute Gasteiger partial charge is 0.493 e. The Bertz CT molecular complexity index is 616. The maximum atomic E-state index is 10.5. The highest BCUT2D eigenvalue weighted by Gasteiger charge is 2.16. The first-order valence-corrected chi connectivity index (χ1v) is 8.34. The van der Waals surface area contributed by atoms with E-state index in [0.717, 1.165) is 35.6 Å². The lowest BCUT2D eigenvalue weighted by atomic mass is 10.1. The maximum Gasteiger partial charge on any atom is 0.165 e. The van der Waals surface area contributed by atoms with Crippen LogP contribution in [0.4, 0.5) is 0 Å².